The predicted molar refractivity (Wildman–Crippen MR) is 82.3 cm³/mol. The fourth-order valence-electron chi connectivity index (χ4n) is 2.56. The summed E-state index contributed by atoms with van der Waals surface area (Å²) in [7, 11) is 2.11. The molecule has 0 aromatic heterocycles. The highest BCUT2D eigenvalue weighted by Gasteiger charge is 2.27. The Morgan fingerprint density at radius 2 is 1.47 bits per heavy atom. The van der Waals surface area contributed by atoms with Crippen LogP contribution in [0.2, 0.25) is 0 Å². The van der Waals surface area contributed by atoms with E-state index in [1.165, 1.54) is 0 Å². The lowest BCUT2D eigenvalue weighted by Gasteiger charge is -2.38. The fourth-order valence-corrected chi connectivity index (χ4v) is 2.56. The molecule has 7 heteroatoms. The van der Waals surface area contributed by atoms with E-state index in [9.17, 15) is 4.79 Å². The van der Waals surface area contributed by atoms with Gasteiger partial charge in [-0.3, -0.25) is 0 Å². The molecular formula is C12H26Cl2N4O. The first-order chi connectivity index (χ1) is 8.20. The molecular weight excluding hydrogens is 287 g/mol. The quantitative estimate of drug-likeness (QED) is 0.781. The Kier molecular flexibility index (Phi) is 8.74. The van der Waals surface area contributed by atoms with Gasteiger partial charge in [0.1, 0.15) is 0 Å². The number of nitrogens with two attached hydrogens (primary N) is 1. The van der Waals surface area contributed by atoms with E-state index in [0.717, 1.165) is 58.7 Å². The van der Waals surface area contributed by atoms with Crippen molar-refractivity contribution in [1.82, 2.24) is 14.7 Å². The normalized spacial score (nSPS) is 21.6. The highest BCUT2D eigenvalue weighted by Crippen LogP contribution is 2.17. The van der Waals surface area contributed by atoms with Gasteiger partial charge in [-0.05, 0) is 32.4 Å². The van der Waals surface area contributed by atoms with Gasteiger partial charge in [-0.25, -0.2) is 4.79 Å². The Morgan fingerprint density at radius 1 is 1.00 bits per heavy atom. The van der Waals surface area contributed by atoms with Crippen molar-refractivity contribution in [2.45, 2.75) is 12.8 Å². The van der Waals surface area contributed by atoms with Gasteiger partial charge in [0.2, 0.25) is 0 Å². The van der Waals surface area contributed by atoms with Crippen molar-refractivity contribution < 1.29 is 4.79 Å². The first kappa shape index (κ1) is 18.8. The summed E-state index contributed by atoms with van der Waals surface area (Å²) in [6.07, 6.45) is 2.13. The molecule has 0 aromatic carbocycles. The second-order valence-electron chi connectivity index (χ2n) is 5.24. The summed E-state index contributed by atoms with van der Waals surface area (Å²) >= 11 is 0. The predicted octanol–water partition coefficient (Wildman–Crippen LogP) is 0.868. The van der Waals surface area contributed by atoms with E-state index in [2.05, 4.69) is 11.9 Å². The van der Waals surface area contributed by atoms with Crippen LogP contribution in [-0.2, 0) is 0 Å². The van der Waals surface area contributed by atoms with Crippen LogP contribution in [0.5, 0.6) is 0 Å². The molecule has 0 bridgehead atoms. The Bertz CT molecular complexity index is 264. The van der Waals surface area contributed by atoms with Crippen LogP contribution in [0.25, 0.3) is 0 Å². The molecule has 0 atom stereocenters. The van der Waals surface area contributed by atoms with Gasteiger partial charge in [0, 0.05) is 39.3 Å². The monoisotopic (exact) mass is 312 g/mol. The summed E-state index contributed by atoms with van der Waals surface area (Å²) in [6.45, 7) is 6.24. The largest absolute Gasteiger partial charge is 0.330 e. The number of piperidine rings is 1. The SMILES string of the molecule is CN1CCN(C(=O)N2CCC(CN)CC2)CC1.Cl.Cl. The summed E-state index contributed by atoms with van der Waals surface area (Å²) in [4.78, 5) is 18.5. The summed E-state index contributed by atoms with van der Waals surface area (Å²) in [5.74, 6) is 0.617. The van der Waals surface area contributed by atoms with Crippen LogP contribution in [-0.4, -0.2) is 73.6 Å². The molecule has 2 aliphatic rings. The maximum absolute atomic E-state index is 12.3. The number of likely N-dealkylation sites (N-methyl/N-ethyl adjacent to an activating group) is 1. The number of amides is 2. The van der Waals surface area contributed by atoms with E-state index in [4.69, 9.17) is 5.73 Å². The first-order valence-corrected chi connectivity index (χ1v) is 6.63. The van der Waals surface area contributed by atoms with Crippen molar-refractivity contribution >= 4 is 30.8 Å². The summed E-state index contributed by atoms with van der Waals surface area (Å²) in [5.41, 5.74) is 5.66. The molecule has 0 saturated carbocycles. The fraction of sp³-hybridized carbons (Fsp3) is 0.917. The standard InChI is InChI=1S/C12H24N4O.2ClH/c1-14-6-8-16(9-7-14)12(17)15-4-2-11(10-13)3-5-15;;/h11H,2-10,13H2,1H3;2*1H. The second-order valence-corrected chi connectivity index (χ2v) is 5.24. The van der Waals surface area contributed by atoms with Gasteiger partial charge in [0.05, 0.1) is 0 Å². The van der Waals surface area contributed by atoms with Crippen LogP contribution < -0.4 is 5.73 Å². The van der Waals surface area contributed by atoms with E-state index < -0.39 is 0 Å². The zero-order valence-corrected chi connectivity index (χ0v) is 13.2. The molecule has 2 heterocycles. The van der Waals surface area contributed by atoms with Gasteiger partial charge in [-0.2, -0.15) is 0 Å². The van der Waals surface area contributed by atoms with E-state index in [1.54, 1.807) is 0 Å². The van der Waals surface area contributed by atoms with Gasteiger partial charge in [-0.15, -0.1) is 24.8 Å². The summed E-state index contributed by atoms with van der Waals surface area (Å²) in [6, 6.07) is 0.230. The third-order valence-corrected chi connectivity index (χ3v) is 3.99. The average Bonchev–Trinajstić information content (AvgIpc) is 2.39. The van der Waals surface area contributed by atoms with Crippen molar-refractivity contribution in [3.05, 3.63) is 0 Å². The highest BCUT2D eigenvalue weighted by molar-refractivity contribution is 5.85. The molecule has 2 fully saturated rings. The van der Waals surface area contributed by atoms with Crippen molar-refractivity contribution in [3.8, 4) is 0 Å². The molecule has 0 radical (unpaired) electrons. The number of nitrogens with zero attached hydrogens (tertiary/aromatic N) is 3. The van der Waals surface area contributed by atoms with Gasteiger partial charge < -0.3 is 20.4 Å². The van der Waals surface area contributed by atoms with Crippen molar-refractivity contribution in [2.24, 2.45) is 11.7 Å². The van der Waals surface area contributed by atoms with Crippen LogP contribution >= 0.6 is 24.8 Å². The van der Waals surface area contributed by atoms with E-state index >= 15 is 0 Å². The maximum atomic E-state index is 12.3. The van der Waals surface area contributed by atoms with Gasteiger partial charge in [0.15, 0.2) is 0 Å². The Balaban J connectivity index is 0.00000162. The number of hydrogen-bond donors (Lipinski definition) is 1. The Hall–Kier alpha value is -0.230. The molecule has 2 aliphatic heterocycles. The number of hydrogen-bond acceptors (Lipinski definition) is 3. The van der Waals surface area contributed by atoms with Crippen LogP contribution in [0.4, 0.5) is 4.79 Å². The molecule has 0 aliphatic carbocycles. The molecule has 2 saturated heterocycles. The summed E-state index contributed by atoms with van der Waals surface area (Å²) in [5, 5.41) is 0. The minimum atomic E-state index is 0. The molecule has 0 spiro atoms. The summed E-state index contributed by atoms with van der Waals surface area (Å²) < 4.78 is 0. The number of rotatable bonds is 1. The van der Waals surface area contributed by atoms with Crippen molar-refractivity contribution in [3.63, 3.8) is 0 Å². The van der Waals surface area contributed by atoms with Gasteiger partial charge in [0.25, 0.3) is 0 Å². The number of urea groups is 1. The van der Waals surface area contributed by atoms with Crippen molar-refractivity contribution in [2.75, 3.05) is 52.9 Å². The van der Waals surface area contributed by atoms with Gasteiger partial charge >= 0.3 is 6.03 Å². The molecule has 19 heavy (non-hydrogen) atoms. The zero-order chi connectivity index (χ0) is 12.3. The molecule has 5 nitrogen and oxygen atoms in total. The highest BCUT2D eigenvalue weighted by atomic mass is 35.5. The van der Waals surface area contributed by atoms with E-state index in [0.29, 0.717) is 5.92 Å². The van der Waals surface area contributed by atoms with Crippen LogP contribution in [0.3, 0.4) is 0 Å². The third-order valence-electron chi connectivity index (χ3n) is 3.99. The minimum Gasteiger partial charge on any atom is -0.330 e. The van der Waals surface area contributed by atoms with Crippen LogP contribution in [0.15, 0.2) is 0 Å². The maximum Gasteiger partial charge on any atom is 0.320 e. The van der Waals surface area contributed by atoms with Crippen LogP contribution in [0.1, 0.15) is 12.8 Å². The Morgan fingerprint density at radius 3 is 1.95 bits per heavy atom. The first-order valence-electron chi connectivity index (χ1n) is 6.63. The lowest BCUT2D eigenvalue weighted by atomic mass is 9.97. The topological polar surface area (TPSA) is 52.8 Å². The molecule has 0 unspecified atom stereocenters. The lowest BCUT2D eigenvalue weighted by Crippen LogP contribution is -2.53. The number of carbonyl (C=O) groups is 1. The van der Waals surface area contributed by atoms with Crippen molar-refractivity contribution in [1.29, 1.82) is 0 Å². The molecule has 2 amide bonds. The minimum absolute atomic E-state index is 0. The zero-order valence-electron chi connectivity index (χ0n) is 11.6. The Labute approximate surface area is 128 Å². The van der Waals surface area contributed by atoms with Crippen LogP contribution in [0, 0.1) is 5.92 Å². The van der Waals surface area contributed by atoms with E-state index in [-0.39, 0.29) is 30.8 Å². The number of halogens is 2. The average molecular weight is 313 g/mol. The lowest BCUT2D eigenvalue weighted by molar-refractivity contribution is 0.109. The number of likely N-dealkylation sites (tertiary alicyclic amines) is 1. The van der Waals surface area contributed by atoms with Gasteiger partial charge in [-0.1, -0.05) is 0 Å². The molecule has 0 aromatic rings. The second kappa shape index (κ2) is 8.84. The number of carbonyl (C=O) groups excluding carboxylic acids is 1. The number of piperazine rings is 1. The molecule has 2 rings (SSSR count). The third kappa shape index (κ3) is 4.99. The smallest absolute Gasteiger partial charge is 0.320 e. The van der Waals surface area contributed by atoms with E-state index in [1.807, 2.05) is 9.80 Å². The molecule has 2 N–H and O–H groups in total. The molecule has 114 valence electrons.